The predicted molar refractivity (Wildman–Crippen MR) is 106 cm³/mol. The van der Waals surface area contributed by atoms with Crippen LogP contribution in [0.4, 0.5) is 28.7 Å². The van der Waals surface area contributed by atoms with Crippen LogP contribution in [-0.2, 0) is 0 Å². The number of nitrogens with one attached hydrogen (secondary N) is 2. The number of ketones is 1. The first-order valence-electron chi connectivity index (χ1n) is 8.26. The number of benzene rings is 2. The molecule has 1 aromatic heterocycles. The standard InChI is InChI=1S/C20H21N5O/c1-14(26)15-4-6-16(7-5-15)23-19-12-20(22-13-21-19)24-17-8-10-18(11-9-17)25(2)3/h4-13H,1-3H3,(H2,21,22,23,24). The molecule has 0 bridgehead atoms. The molecular weight excluding hydrogens is 326 g/mol. The van der Waals surface area contributed by atoms with Gasteiger partial charge in [-0.2, -0.15) is 0 Å². The molecule has 0 amide bonds. The van der Waals surface area contributed by atoms with Crippen LogP contribution in [0.1, 0.15) is 17.3 Å². The molecule has 0 aliphatic carbocycles. The number of nitrogens with zero attached hydrogens (tertiary/aromatic N) is 3. The van der Waals surface area contributed by atoms with Gasteiger partial charge in [0.25, 0.3) is 0 Å². The van der Waals surface area contributed by atoms with Crippen molar-refractivity contribution in [1.29, 1.82) is 0 Å². The highest BCUT2D eigenvalue weighted by Gasteiger charge is 2.03. The van der Waals surface area contributed by atoms with Crippen LogP contribution in [0.3, 0.4) is 0 Å². The fourth-order valence-corrected chi connectivity index (χ4v) is 2.42. The summed E-state index contributed by atoms with van der Waals surface area (Å²) < 4.78 is 0. The lowest BCUT2D eigenvalue weighted by atomic mass is 10.1. The summed E-state index contributed by atoms with van der Waals surface area (Å²) in [5, 5.41) is 6.48. The Morgan fingerprint density at radius 3 is 1.81 bits per heavy atom. The number of anilines is 5. The van der Waals surface area contributed by atoms with E-state index in [2.05, 4.69) is 20.6 Å². The van der Waals surface area contributed by atoms with Crippen molar-refractivity contribution in [2.45, 2.75) is 6.92 Å². The minimum absolute atomic E-state index is 0.0466. The summed E-state index contributed by atoms with van der Waals surface area (Å²) in [6.07, 6.45) is 1.50. The fraction of sp³-hybridized carbons (Fsp3) is 0.150. The fourth-order valence-electron chi connectivity index (χ4n) is 2.42. The first kappa shape index (κ1) is 17.4. The van der Waals surface area contributed by atoms with Crippen LogP contribution >= 0.6 is 0 Å². The maximum Gasteiger partial charge on any atom is 0.159 e. The average molecular weight is 347 g/mol. The second-order valence-electron chi connectivity index (χ2n) is 6.11. The monoisotopic (exact) mass is 347 g/mol. The predicted octanol–water partition coefficient (Wildman–Crippen LogP) is 4.23. The van der Waals surface area contributed by atoms with Crippen LogP contribution in [0.15, 0.2) is 60.9 Å². The highest BCUT2D eigenvalue weighted by Crippen LogP contribution is 2.21. The minimum Gasteiger partial charge on any atom is -0.378 e. The van der Waals surface area contributed by atoms with Crippen molar-refractivity contribution in [1.82, 2.24) is 9.97 Å². The molecule has 0 radical (unpaired) electrons. The van der Waals surface area contributed by atoms with Crippen molar-refractivity contribution < 1.29 is 4.79 Å². The minimum atomic E-state index is 0.0466. The summed E-state index contributed by atoms with van der Waals surface area (Å²) in [7, 11) is 4.02. The van der Waals surface area contributed by atoms with Crippen molar-refractivity contribution >= 4 is 34.5 Å². The molecule has 6 heteroatoms. The van der Waals surface area contributed by atoms with E-state index in [0.717, 1.165) is 17.1 Å². The highest BCUT2D eigenvalue weighted by atomic mass is 16.1. The van der Waals surface area contributed by atoms with Gasteiger partial charge in [-0.05, 0) is 55.5 Å². The molecule has 132 valence electrons. The number of carbonyl (C=O) groups is 1. The molecule has 0 aliphatic rings. The van der Waals surface area contributed by atoms with Gasteiger partial charge in [-0.15, -0.1) is 0 Å². The maximum atomic E-state index is 11.3. The molecule has 2 aromatic carbocycles. The molecule has 1 heterocycles. The molecule has 26 heavy (non-hydrogen) atoms. The van der Waals surface area contributed by atoms with Crippen molar-refractivity contribution in [2.75, 3.05) is 29.6 Å². The summed E-state index contributed by atoms with van der Waals surface area (Å²) in [5.74, 6) is 1.41. The molecule has 0 saturated carbocycles. The summed E-state index contributed by atoms with van der Waals surface area (Å²) in [6, 6.07) is 17.2. The van der Waals surface area contributed by atoms with Gasteiger partial charge in [-0.25, -0.2) is 9.97 Å². The second-order valence-corrected chi connectivity index (χ2v) is 6.11. The summed E-state index contributed by atoms with van der Waals surface area (Å²) in [6.45, 7) is 1.55. The lowest BCUT2D eigenvalue weighted by Crippen LogP contribution is -2.08. The third kappa shape index (κ3) is 4.36. The molecule has 0 spiro atoms. The summed E-state index contributed by atoms with van der Waals surface area (Å²) >= 11 is 0. The smallest absolute Gasteiger partial charge is 0.159 e. The van der Waals surface area contributed by atoms with Gasteiger partial charge in [0.1, 0.15) is 18.0 Å². The molecular formula is C20H21N5O. The van der Waals surface area contributed by atoms with Crippen LogP contribution in [0.2, 0.25) is 0 Å². The Kier molecular flexibility index (Phi) is 5.12. The molecule has 2 N–H and O–H groups in total. The van der Waals surface area contributed by atoms with E-state index in [4.69, 9.17) is 0 Å². The molecule has 0 atom stereocenters. The summed E-state index contributed by atoms with van der Waals surface area (Å²) in [5.41, 5.74) is 3.62. The van der Waals surface area contributed by atoms with Crippen LogP contribution in [-0.4, -0.2) is 29.8 Å². The number of carbonyl (C=O) groups excluding carboxylic acids is 1. The van der Waals surface area contributed by atoms with Crippen molar-refractivity contribution in [3.05, 3.63) is 66.5 Å². The molecule has 3 aromatic rings. The van der Waals surface area contributed by atoms with E-state index in [1.807, 2.05) is 61.5 Å². The average Bonchev–Trinajstić information content (AvgIpc) is 2.63. The molecule has 0 saturated heterocycles. The number of rotatable bonds is 6. The Morgan fingerprint density at radius 1 is 0.846 bits per heavy atom. The van der Waals surface area contributed by atoms with Gasteiger partial charge in [0.05, 0.1) is 0 Å². The van der Waals surface area contributed by atoms with E-state index < -0.39 is 0 Å². The SMILES string of the molecule is CC(=O)c1ccc(Nc2cc(Nc3ccc(N(C)C)cc3)ncn2)cc1. The molecule has 0 unspecified atom stereocenters. The zero-order valence-electron chi connectivity index (χ0n) is 15.0. The number of Topliss-reactive ketones (excluding diaryl/α,β-unsaturated/α-hetero) is 1. The van der Waals surface area contributed by atoms with Crippen molar-refractivity contribution in [3.8, 4) is 0 Å². The first-order chi connectivity index (χ1) is 12.5. The highest BCUT2D eigenvalue weighted by molar-refractivity contribution is 5.94. The Bertz CT molecular complexity index is 889. The van der Waals surface area contributed by atoms with E-state index in [9.17, 15) is 4.79 Å². The van der Waals surface area contributed by atoms with Gasteiger partial charge in [0, 0.05) is 42.8 Å². The van der Waals surface area contributed by atoms with Gasteiger partial charge in [-0.1, -0.05) is 0 Å². The first-order valence-corrected chi connectivity index (χ1v) is 8.26. The third-order valence-electron chi connectivity index (χ3n) is 3.89. The van der Waals surface area contributed by atoms with Crippen molar-refractivity contribution in [3.63, 3.8) is 0 Å². The summed E-state index contributed by atoms with van der Waals surface area (Å²) in [4.78, 5) is 21.9. The molecule has 0 aliphatic heterocycles. The third-order valence-corrected chi connectivity index (χ3v) is 3.89. The van der Waals surface area contributed by atoms with Gasteiger partial charge >= 0.3 is 0 Å². The Morgan fingerprint density at radius 2 is 1.35 bits per heavy atom. The van der Waals surface area contributed by atoms with Crippen LogP contribution in [0.5, 0.6) is 0 Å². The Labute approximate surface area is 152 Å². The molecule has 3 rings (SSSR count). The molecule has 0 fully saturated rings. The number of aromatic nitrogens is 2. The van der Waals surface area contributed by atoms with Gasteiger partial charge in [0.2, 0.25) is 0 Å². The second kappa shape index (κ2) is 7.65. The quantitative estimate of drug-likeness (QED) is 0.650. The van der Waals surface area contributed by atoms with E-state index in [-0.39, 0.29) is 5.78 Å². The van der Waals surface area contributed by atoms with Gasteiger partial charge in [-0.3, -0.25) is 4.79 Å². The van der Waals surface area contributed by atoms with Gasteiger partial charge < -0.3 is 15.5 Å². The van der Waals surface area contributed by atoms with Crippen LogP contribution < -0.4 is 15.5 Å². The Hall–Kier alpha value is -3.41. The van der Waals surface area contributed by atoms with Crippen LogP contribution in [0, 0.1) is 0 Å². The van der Waals surface area contributed by atoms with E-state index >= 15 is 0 Å². The zero-order valence-corrected chi connectivity index (χ0v) is 15.0. The van der Waals surface area contributed by atoms with E-state index in [1.165, 1.54) is 6.33 Å². The van der Waals surface area contributed by atoms with Crippen molar-refractivity contribution in [2.24, 2.45) is 0 Å². The largest absolute Gasteiger partial charge is 0.378 e. The topological polar surface area (TPSA) is 70.2 Å². The Balaban J connectivity index is 1.70. The van der Waals surface area contributed by atoms with Crippen LogP contribution in [0.25, 0.3) is 0 Å². The van der Waals surface area contributed by atoms with E-state index in [0.29, 0.717) is 17.2 Å². The normalized spacial score (nSPS) is 10.3. The number of hydrogen-bond donors (Lipinski definition) is 2. The zero-order chi connectivity index (χ0) is 18.5. The van der Waals surface area contributed by atoms with E-state index in [1.54, 1.807) is 19.1 Å². The maximum absolute atomic E-state index is 11.3. The van der Waals surface area contributed by atoms with Gasteiger partial charge in [0.15, 0.2) is 5.78 Å². The lowest BCUT2D eigenvalue weighted by Gasteiger charge is -2.13. The lowest BCUT2D eigenvalue weighted by molar-refractivity contribution is 0.101. The molecule has 6 nitrogen and oxygen atoms in total. The number of hydrogen-bond acceptors (Lipinski definition) is 6.